The summed E-state index contributed by atoms with van der Waals surface area (Å²) >= 11 is 0. The van der Waals surface area contributed by atoms with E-state index in [1.807, 2.05) is 6.92 Å². The fraction of sp³-hybridized carbons (Fsp3) is 0.267. The third-order valence-electron chi connectivity index (χ3n) is 6.73. The Kier molecular flexibility index (Phi) is 11.0. The number of alkyl halides is 3. The van der Waals surface area contributed by atoms with Crippen LogP contribution in [-0.4, -0.2) is 82.6 Å². The lowest BCUT2D eigenvalue weighted by atomic mass is 10.0. The zero-order valence-electron chi connectivity index (χ0n) is 23.8. The Bertz CT molecular complexity index is 1600. The number of carbonyl (C=O) groups excluding carboxylic acids is 1. The fourth-order valence-corrected chi connectivity index (χ4v) is 5.51. The second kappa shape index (κ2) is 14.3. The molecule has 0 unspecified atom stereocenters. The third kappa shape index (κ3) is 8.97. The number of aromatic carboxylic acids is 2. The molecule has 14 heteroatoms. The number of nitrogens with zero attached hydrogens (tertiary/aromatic N) is 3. The van der Waals surface area contributed by atoms with E-state index in [0.29, 0.717) is 11.1 Å². The number of benzene rings is 2. The molecule has 2 aromatic carbocycles. The van der Waals surface area contributed by atoms with E-state index >= 15 is 0 Å². The summed E-state index contributed by atoms with van der Waals surface area (Å²) in [5.74, 6) is -2.68. The predicted octanol–water partition coefficient (Wildman–Crippen LogP) is 4.60. The quantitative estimate of drug-likeness (QED) is 0.384. The van der Waals surface area contributed by atoms with Crippen molar-refractivity contribution in [2.75, 3.05) is 31.9 Å². The van der Waals surface area contributed by atoms with Crippen LogP contribution in [0.4, 0.5) is 13.2 Å². The second-order valence-corrected chi connectivity index (χ2v) is 11.8. The lowest BCUT2D eigenvalue weighted by Crippen LogP contribution is -2.50. The van der Waals surface area contributed by atoms with Crippen molar-refractivity contribution in [3.05, 3.63) is 106 Å². The fourth-order valence-electron chi connectivity index (χ4n) is 4.24. The number of piperazine rings is 1. The normalized spacial score (nSPS) is 14.2. The van der Waals surface area contributed by atoms with Gasteiger partial charge in [-0.15, -0.1) is 0 Å². The number of amides is 1. The number of rotatable bonds is 7. The van der Waals surface area contributed by atoms with Gasteiger partial charge in [0.2, 0.25) is 10.0 Å². The number of pyridine rings is 1. The number of halogens is 3. The van der Waals surface area contributed by atoms with E-state index in [2.05, 4.69) is 4.98 Å². The monoisotopic (exact) mass is 633 g/mol. The van der Waals surface area contributed by atoms with Crippen LogP contribution < -0.4 is 0 Å². The Labute approximate surface area is 252 Å². The first-order valence-electron chi connectivity index (χ1n) is 13.2. The highest BCUT2D eigenvalue weighted by molar-refractivity contribution is 7.89. The molecule has 2 heterocycles. The van der Waals surface area contributed by atoms with Gasteiger partial charge in [0.25, 0.3) is 5.91 Å². The highest BCUT2D eigenvalue weighted by Gasteiger charge is 2.30. The SMILES string of the molecule is Cc1c(C(=O)O)cccc1C(=O)O.Cc1ccc(C(=O)N2CCN(S(=O)(=O)CC=Cc3ccc(C(F)(F)F)cc3)CC2)cn1. The van der Waals surface area contributed by atoms with Crippen LogP contribution in [0.1, 0.15) is 53.5 Å². The van der Waals surface area contributed by atoms with E-state index in [1.54, 1.807) is 17.0 Å². The Morgan fingerprint density at radius 1 is 0.886 bits per heavy atom. The molecule has 0 spiro atoms. The largest absolute Gasteiger partial charge is 0.478 e. The van der Waals surface area contributed by atoms with Crippen LogP contribution in [-0.2, 0) is 16.2 Å². The summed E-state index contributed by atoms with van der Waals surface area (Å²) in [7, 11) is -3.59. The molecule has 10 nitrogen and oxygen atoms in total. The van der Waals surface area contributed by atoms with Crippen LogP contribution in [0.5, 0.6) is 0 Å². The Hall–Kier alpha value is -4.56. The molecule has 3 aromatic rings. The maximum absolute atomic E-state index is 12.6. The molecule has 1 fully saturated rings. The summed E-state index contributed by atoms with van der Waals surface area (Å²) in [6.07, 6.45) is -0.0206. The van der Waals surface area contributed by atoms with Crippen LogP contribution in [0.2, 0.25) is 0 Å². The van der Waals surface area contributed by atoms with Gasteiger partial charge in [0.05, 0.1) is 28.0 Å². The Balaban J connectivity index is 0.000000340. The van der Waals surface area contributed by atoms with Crippen molar-refractivity contribution in [3.8, 4) is 0 Å². The molecule has 0 atom stereocenters. The standard InChI is InChI=1S/C21H22F3N3O3S.C9H8O4/c1-16-4-7-18(15-25-16)20(28)26-10-12-27(13-11-26)31(29,30)14-2-3-17-5-8-19(9-6-17)21(22,23)24;1-5-6(8(10)11)3-2-4-7(5)9(12)13/h2-9,15H,10-14H2,1H3;2-4H,1H3,(H,10,11)(H,12,13). The van der Waals surface area contributed by atoms with E-state index < -0.39 is 33.7 Å². The average Bonchev–Trinajstić information content (AvgIpc) is 2.97. The zero-order valence-corrected chi connectivity index (χ0v) is 24.6. The van der Waals surface area contributed by atoms with E-state index in [4.69, 9.17) is 10.2 Å². The van der Waals surface area contributed by atoms with E-state index in [-0.39, 0.29) is 54.5 Å². The maximum atomic E-state index is 12.6. The summed E-state index contributed by atoms with van der Waals surface area (Å²) in [6, 6.07) is 12.1. The molecule has 44 heavy (non-hydrogen) atoms. The van der Waals surface area contributed by atoms with E-state index in [0.717, 1.165) is 17.8 Å². The molecule has 1 saturated heterocycles. The van der Waals surface area contributed by atoms with E-state index in [1.165, 1.54) is 59.9 Å². The van der Waals surface area contributed by atoms with Crippen LogP contribution in [0.15, 0.2) is 66.9 Å². The average molecular weight is 634 g/mol. The number of sulfonamides is 1. The molecule has 234 valence electrons. The molecular formula is C30H30F3N3O7S. The van der Waals surface area contributed by atoms with Gasteiger partial charge in [-0.2, -0.15) is 17.5 Å². The first-order chi connectivity index (χ1) is 20.6. The number of hydrogen-bond donors (Lipinski definition) is 2. The van der Waals surface area contributed by atoms with Gasteiger partial charge in [-0.1, -0.05) is 30.4 Å². The van der Waals surface area contributed by atoms with Crippen molar-refractivity contribution in [3.63, 3.8) is 0 Å². The lowest BCUT2D eigenvalue weighted by molar-refractivity contribution is -0.137. The van der Waals surface area contributed by atoms with Crippen LogP contribution in [0, 0.1) is 13.8 Å². The summed E-state index contributed by atoms with van der Waals surface area (Å²) in [4.78, 5) is 39.4. The highest BCUT2D eigenvalue weighted by atomic mass is 32.2. The van der Waals surface area contributed by atoms with Gasteiger partial charge in [-0.3, -0.25) is 9.78 Å². The predicted molar refractivity (Wildman–Crippen MR) is 156 cm³/mol. The van der Waals surface area contributed by atoms with Gasteiger partial charge in [0.15, 0.2) is 0 Å². The molecule has 4 rings (SSSR count). The smallest absolute Gasteiger partial charge is 0.416 e. The number of carboxylic acids is 2. The summed E-state index contributed by atoms with van der Waals surface area (Å²) in [6.45, 7) is 4.21. The number of aryl methyl sites for hydroxylation is 1. The number of hydrogen-bond acceptors (Lipinski definition) is 6. The Morgan fingerprint density at radius 3 is 1.93 bits per heavy atom. The maximum Gasteiger partial charge on any atom is 0.416 e. The van der Waals surface area contributed by atoms with Crippen LogP contribution in [0.25, 0.3) is 6.08 Å². The van der Waals surface area contributed by atoms with Gasteiger partial charge < -0.3 is 15.1 Å². The first-order valence-corrected chi connectivity index (χ1v) is 14.8. The van der Waals surface area contributed by atoms with Crippen molar-refractivity contribution in [1.29, 1.82) is 0 Å². The zero-order chi connectivity index (χ0) is 32.7. The van der Waals surface area contributed by atoms with Crippen LogP contribution in [0.3, 0.4) is 0 Å². The molecule has 1 amide bonds. The van der Waals surface area contributed by atoms with Crippen molar-refractivity contribution in [2.24, 2.45) is 0 Å². The molecular weight excluding hydrogens is 603 g/mol. The van der Waals surface area contributed by atoms with Crippen LogP contribution >= 0.6 is 0 Å². The first kappa shape index (κ1) is 33.9. The highest BCUT2D eigenvalue weighted by Crippen LogP contribution is 2.29. The lowest BCUT2D eigenvalue weighted by Gasteiger charge is -2.33. The minimum atomic E-state index is -4.41. The molecule has 1 aliphatic heterocycles. The van der Waals surface area contributed by atoms with Gasteiger partial charge in [0, 0.05) is 38.1 Å². The molecule has 0 saturated carbocycles. The van der Waals surface area contributed by atoms with Gasteiger partial charge in [-0.25, -0.2) is 18.0 Å². The summed E-state index contributed by atoms with van der Waals surface area (Å²) in [5.41, 5.74) is 1.32. The molecule has 0 radical (unpaired) electrons. The number of carboxylic acid groups (broad SMARTS) is 2. The van der Waals surface area contributed by atoms with Gasteiger partial charge in [0.1, 0.15) is 0 Å². The van der Waals surface area contributed by atoms with Gasteiger partial charge in [-0.05, 0) is 61.4 Å². The van der Waals surface area contributed by atoms with E-state index in [9.17, 15) is 36.0 Å². The molecule has 0 bridgehead atoms. The van der Waals surface area contributed by atoms with Crippen molar-refractivity contribution >= 4 is 33.9 Å². The number of carbonyl (C=O) groups is 3. The minimum Gasteiger partial charge on any atom is -0.478 e. The van der Waals surface area contributed by atoms with Crippen molar-refractivity contribution < 1.29 is 46.2 Å². The van der Waals surface area contributed by atoms with Crippen molar-refractivity contribution in [2.45, 2.75) is 20.0 Å². The molecule has 2 N–H and O–H groups in total. The molecule has 1 aromatic heterocycles. The molecule has 1 aliphatic rings. The number of aromatic nitrogens is 1. The van der Waals surface area contributed by atoms with Crippen molar-refractivity contribution in [1.82, 2.24) is 14.2 Å². The topological polar surface area (TPSA) is 145 Å². The summed E-state index contributed by atoms with van der Waals surface area (Å²) < 4.78 is 64.2. The Morgan fingerprint density at radius 2 is 1.45 bits per heavy atom. The second-order valence-electron chi connectivity index (χ2n) is 9.77. The molecule has 0 aliphatic carbocycles. The van der Waals surface area contributed by atoms with Gasteiger partial charge >= 0.3 is 18.1 Å². The summed E-state index contributed by atoms with van der Waals surface area (Å²) in [5, 5.41) is 17.4. The minimum absolute atomic E-state index is 0.0277. The third-order valence-corrected chi connectivity index (χ3v) is 8.49.